The molecule has 0 aliphatic heterocycles. The molecule has 6 nitrogen and oxygen atoms in total. The Balaban J connectivity index is 1.68. The molecule has 0 aliphatic carbocycles. The minimum atomic E-state index is -0.211. The Labute approximate surface area is 164 Å². The van der Waals surface area contributed by atoms with Gasteiger partial charge in [-0.2, -0.15) is 5.26 Å². The van der Waals surface area contributed by atoms with Crippen LogP contribution in [0.5, 0.6) is 5.75 Å². The Bertz CT molecular complexity index is 1070. The highest BCUT2D eigenvalue weighted by atomic mass is 16.5. The summed E-state index contributed by atoms with van der Waals surface area (Å²) >= 11 is 0. The summed E-state index contributed by atoms with van der Waals surface area (Å²) in [5, 5.41) is 16.4. The number of benzene rings is 2. The van der Waals surface area contributed by atoms with Crippen LogP contribution >= 0.6 is 0 Å². The number of nitrogens with zero attached hydrogens (tertiary/aromatic N) is 2. The lowest BCUT2D eigenvalue weighted by Gasteiger charge is -2.12. The number of anilines is 1. The van der Waals surface area contributed by atoms with E-state index in [-0.39, 0.29) is 5.91 Å². The van der Waals surface area contributed by atoms with Crippen LogP contribution in [0.4, 0.5) is 5.82 Å². The lowest BCUT2D eigenvalue weighted by molar-refractivity contribution is 0.0952. The Hall–Kier alpha value is -3.59. The summed E-state index contributed by atoms with van der Waals surface area (Å²) in [6.07, 6.45) is 0. The van der Waals surface area contributed by atoms with E-state index in [1.54, 1.807) is 18.2 Å². The Morgan fingerprint density at radius 3 is 2.71 bits per heavy atom. The number of rotatable bonds is 6. The molecule has 1 amide bonds. The molecule has 3 aromatic rings. The number of aromatic nitrogens is 1. The molecule has 0 atom stereocenters. The summed E-state index contributed by atoms with van der Waals surface area (Å²) < 4.78 is 5.21. The summed E-state index contributed by atoms with van der Waals surface area (Å²) in [7, 11) is 1.53. The maximum Gasteiger partial charge on any atom is 0.255 e. The molecule has 0 saturated heterocycles. The maximum atomic E-state index is 12.3. The van der Waals surface area contributed by atoms with E-state index in [4.69, 9.17) is 4.74 Å². The number of hydrogen-bond acceptors (Lipinski definition) is 5. The van der Waals surface area contributed by atoms with Crippen molar-refractivity contribution < 1.29 is 9.53 Å². The van der Waals surface area contributed by atoms with E-state index in [1.165, 1.54) is 7.11 Å². The molecule has 0 unspecified atom stereocenters. The SMILES string of the molecule is COc1ccccc1C(=O)NCCNc1nc2c(C)cc(C)cc2cc1C#N. The second-order valence-corrected chi connectivity index (χ2v) is 6.53. The van der Waals surface area contributed by atoms with E-state index in [9.17, 15) is 10.1 Å². The number of para-hydroxylation sites is 1. The Morgan fingerprint density at radius 2 is 1.96 bits per heavy atom. The smallest absolute Gasteiger partial charge is 0.255 e. The first-order valence-electron chi connectivity index (χ1n) is 9.00. The zero-order valence-corrected chi connectivity index (χ0v) is 16.2. The Morgan fingerprint density at radius 1 is 1.18 bits per heavy atom. The fourth-order valence-corrected chi connectivity index (χ4v) is 3.16. The highest BCUT2D eigenvalue weighted by Gasteiger charge is 2.11. The largest absolute Gasteiger partial charge is 0.496 e. The summed E-state index contributed by atoms with van der Waals surface area (Å²) in [4.78, 5) is 16.9. The predicted octanol–water partition coefficient (Wildman–Crippen LogP) is 3.57. The first-order chi connectivity index (χ1) is 13.5. The number of carbonyl (C=O) groups excluding carboxylic acids is 1. The molecule has 0 saturated carbocycles. The number of pyridine rings is 1. The fraction of sp³-hybridized carbons (Fsp3) is 0.227. The number of ether oxygens (including phenoxy) is 1. The highest BCUT2D eigenvalue weighted by molar-refractivity contribution is 5.96. The average Bonchev–Trinajstić information content (AvgIpc) is 2.70. The van der Waals surface area contributed by atoms with Gasteiger partial charge in [-0.25, -0.2) is 4.98 Å². The molecule has 2 aromatic carbocycles. The van der Waals surface area contributed by atoms with E-state index < -0.39 is 0 Å². The van der Waals surface area contributed by atoms with Gasteiger partial charge in [-0.05, 0) is 43.7 Å². The number of fused-ring (bicyclic) bond motifs is 1. The molecule has 3 rings (SSSR count). The number of amides is 1. The minimum absolute atomic E-state index is 0.211. The second kappa shape index (κ2) is 8.40. The van der Waals surface area contributed by atoms with Crippen LogP contribution in [0.1, 0.15) is 27.0 Å². The molecule has 1 aromatic heterocycles. The number of hydrogen-bond donors (Lipinski definition) is 2. The molecule has 0 radical (unpaired) electrons. The van der Waals surface area contributed by atoms with E-state index >= 15 is 0 Å². The van der Waals surface area contributed by atoms with Crippen molar-refractivity contribution in [1.82, 2.24) is 10.3 Å². The van der Waals surface area contributed by atoms with Crippen molar-refractivity contribution in [1.29, 1.82) is 5.26 Å². The van der Waals surface area contributed by atoms with Crippen molar-refractivity contribution >= 4 is 22.6 Å². The van der Waals surface area contributed by atoms with Gasteiger partial charge in [0.2, 0.25) is 0 Å². The molecule has 2 N–H and O–H groups in total. The van der Waals surface area contributed by atoms with Crippen molar-refractivity contribution in [3.05, 3.63) is 64.7 Å². The van der Waals surface area contributed by atoms with Gasteiger partial charge in [0.15, 0.2) is 0 Å². The van der Waals surface area contributed by atoms with E-state index in [0.29, 0.717) is 35.8 Å². The monoisotopic (exact) mass is 374 g/mol. The van der Waals surface area contributed by atoms with Gasteiger partial charge in [0.25, 0.3) is 5.91 Å². The van der Waals surface area contributed by atoms with Gasteiger partial charge in [-0.1, -0.05) is 23.8 Å². The molecular formula is C22H22N4O2. The van der Waals surface area contributed by atoms with Crippen molar-refractivity contribution in [3.63, 3.8) is 0 Å². The zero-order valence-electron chi connectivity index (χ0n) is 16.2. The third kappa shape index (κ3) is 4.04. The van der Waals surface area contributed by atoms with Gasteiger partial charge >= 0.3 is 0 Å². The van der Waals surface area contributed by atoms with Gasteiger partial charge in [0, 0.05) is 18.5 Å². The molecule has 28 heavy (non-hydrogen) atoms. The Kier molecular flexibility index (Phi) is 5.75. The second-order valence-electron chi connectivity index (χ2n) is 6.53. The third-order valence-electron chi connectivity index (χ3n) is 4.43. The first kappa shape index (κ1) is 19.2. The molecule has 0 bridgehead atoms. The van der Waals surface area contributed by atoms with E-state index in [0.717, 1.165) is 22.0 Å². The van der Waals surface area contributed by atoms with E-state index in [2.05, 4.69) is 27.8 Å². The number of nitriles is 1. The normalized spacial score (nSPS) is 10.4. The quantitative estimate of drug-likeness (QED) is 0.644. The molecule has 0 spiro atoms. The van der Waals surface area contributed by atoms with Gasteiger partial charge in [0.1, 0.15) is 17.6 Å². The molecular weight excluding hydrogens is 352 g/mol. The van der Waals surface area contributed by atoms with Gasteiger partial charge < -0.3 is 15.4 Å². The van der Waals surface area contributed by atoms with Gasteiger partial charge in [-0.15, -0.1) is 0 Å². The lowest BCUT2D eigenvalue weighted by atomic mass is 10.1. The van der Waals surface area contributed by atoms with Crippen LogP contribution in [-0.2, 0) is 0 Å². The van der Waals surface area contributed by atoms with Crippen LogP contribution in [0.25, 0.3) is 10.9 Å². The average molecular weight is 374 g/mol. The van der Waals surface area contributed by atoms with Crippen molar-refractivity contribution in [2.45, 2.75) is 13.8 Å². The molecule has 0 aliphatic rings. The fourth-order valence-electron chi connectivity index (χ4n) is 3.16. The van der Waals surface area contributed by atoms with Crippen LogP contribution in [0.2, 0.25) is 0 Å². The van der Waals surface area contributed by atoms with Crippen LogP contribution in [-0.4, -0.2) is 31.1 Å². The predicted molar refractivity (Wildman–Crippen MR) is 110 cm³/mol. The number of carbonyl (C=O) groups is 1. The van der Waals surface area contributed by atoms with Gasteiger partial charge in [-0.3, -0.25) is 4.79 Å². The summed E-state index contributed by atoms with van der Waals surface area (Å²) in [5.74, 6) is 0.840. The summed E-state index contributed by atoms with van der Waals surface area (Å²) in [5.41, 5.74) is 4.03. The van der Waals surface area contributed by atoms with Crippen LogP contribution in [0.15, 0.2) is 42.5 Å². The number of aryl methyl sites for hydroxylation is 2. The molecule has 142 valence electrons. The van der Waals surface area contributed by atoms with Crippen LogP contribution in [0, 0.1) is 25.2 Å². The van der Waals surface area contributed by atoms with Gasteiger partial charge in [0.05, 0.1) is 23.8 Å². The lowest BCUT2D eigenvalue weighted by Crippen LogP contribution is -2.29. The summed E-state index contributed by atoms with van der Waals surface area (Å²) in [6, 6.07) is 15.2. The summed E-state index contributed by atoms with van der Waals surface area (Å²) in [6.45, 7) is 4.86. The molecule has 6 heteroatoms. The first-order valence-corrected chi connectivity index (χ1v) is 9.00. The standard InChI is InChI=1S/C22H22N4O2/c1-14-10-15(2)20-16(11-14)12-17(13-23)21(26-20)24-8-9-25-22(27)18-6-4-5-7-19(18)28-3/h4-7,10-12H,8-9H2,1-3H3,(H,24,26)(H,25,27). The van der Waals surface area contributed by atoms with Crippen LogP contribution in [0.3, 0.4) is 0 Å². The van der Waals surface area contributed by atoms with Crippen molar-refractivity contribution in [2.24, 2.45) is 0 Å². The van der Waals surface area contributed by atoms with Crippen molar-refractivity contribution in [2.75, 3.05) is 25.5 Å². The van der Waals surface area contributed by atoms with Crippen molar-refractivity contribution in [3.8, 4) is 11.8 Å². The zero-order chi connectivity index (χ0) is 20.1. The topological polar surface area (TPSA) is 87.0 Å². The molecule has 0 fully saturated rings. The van der Waals surface area contributed by atoms with Crippen LogP contribution < -0.4 is 15.4 Å². The van der Waals surface area contributed by atoms with E-state index in [1.807, 2.05) is 32.0 Å². The number of nitrogens with one attached hydrogen (secondary N) is 2. The maximum absolute atomic E-state index is 12.3. The third-order valence-corrected chi connectivity index (χ3v) is 4.43. The highest BCUT2D eigenvalue weighted by Crippen LogP contribution is 2.24. The minimum Gasteiger partial charge on any atom is -0.496 e. The molecule has 1 heterocycles. The number of methoxy groups -OCH3 is 1.